The Morgan fingerprint density at radius 2 is 2.00 bits per heavy atom. The third kappa shape index (κ3) is 4.26. The number of para-hydroxylation sites is 1. The Balaban J connectivity index is 2.92. The Morgan fingerprint density at radius 3 is 2.50 bits per heavy atom. The molecule has 0 aliphatic carbocycles. The van der Waals surface area contributed by atoms with Crippen LogP contribution in [0.3, 0.4) is 0 Å². The van der Waals surface area contributed by atoms with Gasteiger partial charge in [0.15, 0.2) is 23.9 Å². The third-order valence-corrected chi connectivity index (χ3v) is 2.52. The van der Waals surface area contributed by atoms with Gasteiger partial charge >= 0.3 is 0 Å². The second-order valence-electron chi connectivity index (χ2n) is 5.50. The minimum absolute atomic E-state index is 0.250. The van der Waals surface area contributed by atoms with E-state index in [1.54, 1.807) is 25.1 Å². The zero-order valence-electron chi connectivity index (χ0n) is 12.5. The molecular weight excluding hydrogens is 258 g/mol. The van der Waals surface area contributed by atoms with E-state index in [0.717, 1.165) is 0 Å². The maximum atomic E-state index is 12.0. The molecule has 1 amide bonds. The molecule has 0 saturated carbocycles. The molecule has 0 bridgehead atoms. The molecule has 0 saturated heterocycles. The van der Waals surface area contributed by atoms with Gasteiger partial charge in [-0.25, -0.2) is 0 Å². The highest BCUT2D eigenvalue weighted by Gasteiger charge is 2.22. The van der Waals surface area contributed by atoms with Crippen LogP contribution in [0.5, 0.6) is 11.5 Å². The normalized spacial score (nSPS) is 12.4. The maximum absolute atomic E-state index is 12.0. The molecule has 0 radical (unpaired) electrons. The summed E-state index contributed by atoms with van der Waals surface area (Å²) in [5.74, 6) is 0.451. The fourth-order valence-electron chi connectivity index (χ4n) is 1.61. The summed E-state index contributed by atoms with van der Waals surface area (Å²) in [6.07, 6.45) is -0.0593. The van der Waals surface area contributed by atoms with E-state index in [1.807, 2.05) is 20.8 Å². The molecule has 0 spiro atoms. The van der Waals surface area contributed by atoms with E-state index < -0.39 is 6.10 Å². The number of methoxy groups -OCH3 is 1. The van der Waals surface area contributed by atoms with Crippen LogP contribution in [-0.2, 0) is 4.79 Å². The Kier molecular flexibility index (Phi) is 5.13. The number of hydrogen-bond acceptors (Lipinski definition) is 4. The van der Waals surface area contributed by atoms with E-state index in [2.05, 4.69) is 5.32 Å². The van der Waals surface area contributed by atoms with E-state index in [0.29, 0.717) is 17.6 Å². The molecule has 5 nitrogen and oxygen atoms in total. The van der Waals surface area contributed by atoms with Crippen LogP contribution >= 0.6 is 0 Å². The van der Waals surface area contributed by atoms with Gasteiger partial charge < -0.3 is 14.8 Å². The van der Waals surface area contributed by atoms with Crippen LogP contribution in [0.15, 0.2) is 18.2 Å². The molecule has 0 aliphatic heterocycles. The van der Waals surface area contributed by atoms with Gasteiger partial charge in [-0.05, 0) is 39.8 Å². The van der Waals surface area contributed by atoms with E-state index in [1.165, 1.54) is 7.11 Å². The van der Waals surface area contributed by atoms with E-state index >= 15 is 0 Å². The highest BCUT2D eigenvalue weighted by molar-refractivity contribution is 5.84. The smallest absolute Gasteiger partial charge is 0.261 e. The quantitative estimate of drug-likeness (QED) is 0.839. The van der Waals surface area contributed by atoms with Crippen LogP contribution in [0.25, 0.3) is 0 Å². The summed E-state index contributed by atoms with van der Waals surface area (Å²) in [5.41, 5.74) is 0.00272. The van der Waals surface area contributed by atoms with E-state index in [-0.39, 0.29) is 17.2 Å². The van der Waals surface area contributed by atoms with Crippen LogP contribution in [0, 0.1) is 0 Å². The van der Waals surface area contributed by atoms with Gasteiger partial charge in [0.05, 0.1) is 12.7 Å². The number of ether oxygens (including phenoxy) is 2. The standard InChI is InChI=1S/C15H21NO4/c1-10(14(18)16-15(2,3)4)20-13-11(9-17)7-6-8-12(13)19-5/h6-10H,1-5H3,(H,16,18). The molecule has 20 heavy (non-hydrogen) atoms. The van der Waals surface area contributed by atoms with Gasteiger partial charge in [0.1, 0.15) is 0 Å². The summed E-state index contributed by atoms with van der Waals surface area (Å²) >= 11 is 0. The fraction of sp³-hybridized carbons (Fsp3) is 0.467. The second kappa shape index (κ2) is 6.41. The molecule has 110 valence electrons. The summed E-state index contributed by atoms with van der Waals surface area (Å²) in [6.45, 7) is 7.29. The lowest BCUT2D eigenvalue weighted by molar-refractivity contribution is -0.128. The Morgan fingerprint density at radius 1 is 1.35 bits per heavy atom. The van der Waals surface area contributed by atoms with Crippen molar-refractivity contribution >= 4 is 12.2 Å². The predicted molar refractivity (Wildman–Crippen MR) is 76.4 cm³/mol. The van der Waals surface area contributed by atoms with Crippen molar-refractivity contribution in [1.82, 2.24) is 5.32 Å². The first-order valence-electron chi connectivity index (χ1n) is 6.39. The summed E-state index contributed by atoms with van der Waals surface area (Å²) in [7, 11) is 1.48. The van der Waals surface area contributed by atoms with Crippen LogP contribution in [0.2, 0.25) is 0 Å². The number of carbonyl (C=O) groups excluding carboxylic acids is 2. The van der Waals surface area contributed by atoms with Crippen molar-refractivity contribution in [2.45, 2.75) is 39.3 Å². The van der Waals surface area contributed by atoms with Crippen molar-refractivity contribution < 1.29 is 19.1 Å². The Bertz CT molecular complexity index is 491. The van der Waals surface area contributed by atoms with Crippen molar-refractivity contribution in [3.63, 3.8) is 0 Å². The molecule has 1 atom stereocenters. The number of hydrogen-bond donors (Lipinski definition) is 1. The van der Waals surface area contributed by atoms with Crippen molar-refractivity contribution in [2.75, 3.05) is 7.11 Å². The first kappa shape index (κ1) is 16.0. The number of carbonyl (C=O) groups is 2. The monoisotopic (exact) mass is 279 g/mol. The number of aldehydes is 1. The van der Waals surface area contributed by atoms with Gasteiger partial charge in [-0.1, -0.05) is 6.07 Å². The zero-order chi connectivity index (χ0) is 15.3. The summed E-state index contributed by atoms with van der Waals surface area (Å²) < 4.78 is 10.8. The highest BCUT2D eigenvalue weighted by Crippen LogP contribution is 2.30. The van der Waals surface area contributed by atoms with Crippen LogP contribution in [0.1, 0.15) is 38.1 Å². The van der Waals surface area contributed by atoms with Gasteiger partial charge in [0.2, 0.25) is 0 Å². The highest BCUT2D eigenvalue weighted by atomic mass is 16.5. The van der Waals surface area contributed by atoms with Crippen molar-refractivity contribution in [3.05, 3.63) is 23.8 Å². The largest absolute Gasteiger partial charge is 0.493 e. The summed E-state index contributed by atoms with van der Waals surface area (Å²) in [5, 5.41) is 2.82. The number of amides is 1. The summed E-state index contributed by atoms with van der Waals surface area (Å²) in [4.78, 5) is 23.0. The number of rotatable bonds is 5. The van der Waals surface area contributed by atoms with E-state index in [4.69, 9.17) is 9.47 Å². The van der Waals surface area contributed by atoms with Gasteiger partial charge in [0, 0.05) is 5.54 Å². The fourth-order valence-corrected chi connectivity index (χ4v) is 1.61. The molecule has 0 aliphatic rings. The van der Waals surface area contributed by atoms with E-state index in [9.17, 15) is 9.59 Å². The molecule has 5 heteroatoms. The molecule has 1 aromatic rings. The lowest BCUT2D eigenvalue weighted by atomic mass is 10.1. The Labute approximate surface area is 119 Å². The maximum Gasteiger partial charge on any atom is 0.261 e. The average molecular weight is 279 g/mol. The lowest BCUT2D eigenvalue weighted by Crippen LogP contribution is -2.46. The average Bonchev–Trinajstić information content (AvgIpc) is 2.36. The third-order valence-electron chi connectivity index (χ3n) is 2.52. The first-order valence-corrected chi connectivity index (χ1v) is 6.39. The predicted octanol–water partition coefficient (Wildman–Crippen LogP) is 2.19. The topological polar surface area (TPSA) is 64.6 Å². The van der Waals surface area contributed by atoms with Gasteiger partial charge in [-0.15, -0.1) is 0 Å². The Hall–Kier alpha value is -2.04. The lowest BCUT2D eigenvalue weighted by Gasteiger charge is -2.24. The van der Waals surface area contributed by atoms with Crippen molar-refractivity contribution in [1.29, 1.82) is 0 Å². The van der Waals surface area contributed by atoms with Gasteiger partial charge in [-0.3, -0.25) is 9.59 Å². The minimum atomic E-state index is -0.732. The van der Waals surface area contributed by atoms with Gasteiger partial charge in [0.25, 0.3) is 5.91 Å². The van der Waals surface area contributed by atoms with Gasteiger partial charge in [-0.2, -0.15) is 0 Å². The van der Waals surface area contributed by atoms with Crippen LogP contribution in [-0.4, -0.2) is 30.9 Å². The molecule has 1 N–H and O–H groups in total. The second-order valence-corrected chi connectivity index (χ2v) is 5.50. The van der Waals surface area contributed by atoms with Crippen molar-refractivity contribution in [2.24, 2.45) is 0 Å². The molecule has 0 heterocycles. The molecule has 1 aromatic carbocycles. The minimum Gasteiger partial charge on any atom is -0.493 e. The molecule has 1 unspecified atom stereocenters. The molecule has 0 aromatic heterocycles. The van der Waals surface area contributed by atoms with Crippen molar-refractivity contribution in [3.8, 4) is 11.5 Å². The molecule has 0 fully saturated rings. The van der Waals surface area contributed by atoms with Crippen LogP contribution < -0.4 is 14.8 Å². The molecular formula is C15H21NO4. The zero-order valence-corrected chi connectivity index (χ0v) is 12.5. The first-order chi connectivity index (χ1) is 9.28. The molecule has 1 rings (SSSR count). The SMILES string of the molecule is COc1cccc(C=O)c1OC(C)C(=O)NC(C)(C)C. The van der Waals surface area contributed by atoms with Crippen LogP contribution in [0.4, 0.5) is 0 Å². The number of nitrogens with one attached hydrogen (secondary N) is 1. The number of benzene rings is 1. The summed E-state index contributed by atoms with van der Waals surface area (Å²) in [6, 6.07) is 4.98.